The Morgan fingerprint density at radius 1 is 0.973 bits per heavy atom. The van der Waals surface area contributed by atoms with E-state index in [4.69, 9.17) is 5.10 Å². The van der Waals surface area contributed by atoms with Gasteiger partial charge >= 0.3 is 0 Å². The summed E-state index contributed by atoms with van der Waals surface area (Å²) in [4.78, 5) is 24.0. The molecule has 0 bridgehead atoms. The fourth-order valence-corrected chi connectivity index (χ4v) is 4.98. The van der Waals surface area contributed by atoms with E-state index in [0.29, 0.717) is 18.7 Å². The van der Waals surface area contributed by atoms with Crippen LogP contribution in [-0.4, -0.2) is 38.1 Å². The third kappa shape index (κ3) is 4.53. The monoisotopic (exact) mass is 492 g/mol. The van der Waals surface area contributed by atoms with Crippen molar-refractivity contribution in [1.82, 2.24) is 24.9 Å². The first kappa shape index (κ1) is 22.8. The third-order valence-corrected chi connectivity index (χ3v) is 6.78. The normalized spacial score (nSPS) is 17.3. The van der Waals surface area contributed by atoms with Gasteiger partial charge in [-0.05, 0) is 66.4 Å². The summed E-state index contributed by atoms with van der Waals surface area (Å²) in [5.74, 6) is 0.209. The summed E-state index contributed by atoms with van der Waals surface area (Å²) in [5, 5.41) is 7.94. The molecule has 1 fully saturated rings. The Kier molecular flexibility index (Phi) is 5.84. The van der Waals surface area contributed by atoms with Crippen molar-refractivity contribution in [2.45, 2.75) is 25.4 Å². The number of benzene rings is 2. The van der Waals surface area contributed by atoms with Gasteiger partial charge in [0.25, 0.3) is 5.91 Å². The van der Waals surface area contributed by atoms with Crippen LogP contribution in [0.4, 0.5) is 10.2 Å². The Balaban J connectivity index is 1.28. The third-order valence-electron chi connectivity index (χ3n) is 6.78. The highest BCUT2D eigenvalue weighted by atomic mass is 19.1. The van der Waals surface area contributed by atoms with Crippen molar-refractivity contribution in [3.63, 3.8) is 0 Å². The molecular formula is C29H25FN6O. The molecule has 1 N–H and O–H groups in total. The molecule has 3 aromatic heterocycles. The molecule has 0 saturated carbocycles. The quantitative estimate of drug-likeness (QED) is 0.374. The average Bonchev–Trinajstić information content (AvgIpc) is 3.52. The van der Waals surface area contributed by atoms with Crippen molar-refractivity contribution in [1.29, 1.82) is 0 Å². The zero-order chi connectivity index (χ0) is 25.4. The second kappa shape index (κ2) is 9.46. The first-order valence-electron chi connectivity index (χ1n) is 12.2. The maximum absolute atomic E-state index is 14.2. The summed E-state index contributed by atoms with van der Waals surface area (Å²) in [6, 6.07) is 23.7. The topological polar surface area (TPSA) is 75.4 Å². The molecule has 7 nitrogen and oxygen atoms in total. The van der Waals surface area contributed by atoms with Crippen LogP contribution in [0.3, 0.4) is 0 Å². The largest absolute Gasteiger partial charge is 0.346 e. The molecule has 184 valence electrons. The van der Waals surface area contributed by atoms with E-state index in [1.54, 1.807) is 35.1 Å². The number of halogens is 1. The first-order chi connectivity index (χ1) is 18.0. The van der Waals surface area contributed by atoms with E-state index in [9.17, 15) is 9.18 Å². The molecule has 2 aromatic carbocycles. The molecule has 1 unspecified atom stereocenters. The van der Waals surface area contributed by atoms with E-state index in [2.05, 4.69) is 20.2 Å². The van der Waals surface area contributed by atoms with E-state index in [-0.39, 0.29) is 23.8 Å². The highest BCUT2D eigenvalue weighted by Crippen LogP contribution is 2.36. The van der Waals surface area contributed by atoms with Crippen LogP contribution in [0.1, 0.15) is 34.2 Å². The predicted molar refractivity (Wildman–Crippen MR) is 140 cm³/mol. The Bertz CT molecular complexity index is 1580. The smallest absolute Gasteiger partial charge is 0.270 e. The zero-order valence-corrected chi connectivity index (χ0v) is 20.3. The summed E-state index contributed by atoms with van der Waals surface area (Å²) in [6.07, 6.45) is 4.04. The molecule has 37 heavy (non-hydrogen) atoms. The molecule has 0 spiro atoms. The van der Waals surface area contributed by atoms with Gasteiger partial charge in [0.15, 0.2) is 5.65 Å². The summed E-state index contributed by atoms with van der Waals surface area (Å²) >= 11 is 0. The lowest BCUT2D eigenvalue weighted by atomic mass is 10.0. The Morgan fingerprint density at radius 3 is 2.68 bits per heavy atom. The number of aryl methyl sites for hydroxylation is 1. The molecule has 1 aliphatic rings. The van der Waals surface area contributed by atoms with E-state index in [1.807, 2.05) is 61.5 Å². The molecule has 4 heterocycles. The SMILES string of the molecule is Cc1cnc2ccc(N3CC(NC(=O)c4cc(-c5ccccc5)ccn4)C[C@@H]3c3cccc(F)c3)nn12. The molecule has 0 radical (unpaired) electrons. The zero-order valence-electron chi connectivity index (χ0n) is 20.3. The van der Waals surface area contributed by atoms with E-state index >= 15 is 0 Å². The van der Waals surface area contributed by atoms with Crippen molar-refractivity contribution in [3.8, 4) is 11.1 Å². The maximum atomic E-state index is 14.2. The second-order valence-electron chi connectivity index (χ2n) is 9.29. The van der Waals surface area contributed by atoms with Gasteiger partial charge in [0, 0.05) is 18.8 Å². The van der Waals surface area contributed by atoms with E-state index in [0.717, 1.165) is 33.8 Å². The Morgan fingerprint density at radius 2 is 1.84 bits per heavy atom. The van der Waals surface area contributed by atoms with Crippen molar-refractivity contribution in [2.75, 3.05) is 11.4 Å². The molecule has 0 aliphatic carbocycles. The number of rotatable bonds is 5. The average molecular weight is 493 g/mol. The van der Waals surface area contributed by atoms with Gasteiger partial charge in [0.1, 0.15) is 17.3 Å². The summed E-state index contributed by atoms with van der Waals surface area (Å²) in [7, 11) is 0. The summed E-state index contributed by atoms with van der Waals surface area (Å²) < 4.78 is 15.9. The number of pyridine rings is 1. The van der Waals surface area contributed by atoms with Crippen LogP contribution in [0, 0.1) is 12.7 Å². The first-order valence-corrected chi connectivity index (χ1v) is 12.2. The lowest BCUT2D eigenvalue weighted by Gasteiger charge is -2.26. The van der Waals surface area contributed by atoms with Crippen LogP contribution in [-0.2, 0) is 0 Å². The van der Waals surface area contributed by atoms with Gasteiger partial charge in [0.05, 0.1) is 17.9 Å². The molecular weight excluding hydrogens is 467 g/mol. The number of nitrogens with one attached hydrogen (secondary N) is 1. The summed E-state index contributed by atoms with van der Waals surface area (Å²) in [6.45, 7) is 2.47. The van der Waals surface area contributed by atoms with Crippen LogP contribution in [0.25, 0.3) is 16.8 Å². The Labute approximate surface area is 213 Å². The number of aromatic nitrogens is 4. The number of amides is 1. The lowest BCUT2D eigenvalue weighted by molar-refractivity contribution is 0.0935. The van der Waals surface area contributed by atoms with Crippen molar-refractivity contribution >= 4 is 17.4 Å². The minimum atomic E-state index is -0.291. The second-order valence-corrected chi connectivity index (χ2v) is 9.29. The number of anilines is 1. The Hall–Kier alpha value is -4.59. The molecule has 1 amide bonds. The number of carbonyl (C=O) groups excluding carboxylic acids is 1. The van der Waals surface area contributed by atoms with Crippen LogP contribution in [0.2, 0.25) is 0 Å². The minimum absolute atomic E-state index is 0.154. The standard InChI is InChI=1S/C29H25FN6O/c1-19-17-32-27-10-11-28(34-36(19)27)35-18-24(16-26(35)22-8-5-9-23(30)14-22)33-29(37)25-15-21(12-13-31-25)20-6-3-2-4-7-20/h2-15,17,24,26H,16,18H2,1H3,(H,33,37)/t24?,26-/m1/s1. The van der Waals surface area contributed by atoms with Crippen molar-refractivity contribution in [2.24, 2.45) is 0 Å². The molecule has 6 rings (SSSR count). The predicted octanol–water partition coefficient (Wildman–Crippen LogP) is 4.99. The van der Waals surface area contributed by atoms with Gasteiger partial charge < -0.3 is 10.2 Å². The van der Waals surface area contributed by atoms with E-state index < -0.39 is 0 Å². The van der Waals surface area contributed by atoms with Crippen LogP contribution in [0.5, 0.6) is 0 Å². The van der Waals surface area contributed by atoms with Crippen molar-refractivity contribution < 1.29 is 9.18 Å². The maximum Gasteiger partial charge on any atom is 0.270 e. The minimum Gasteiger partial charge on any atom is -0.346 e. The van der Waals surface area contributed by atoms with E-state index in [1.165, 1.54) is 6.07 Å². The van der Waals surface area contributed by atoms with Crippen LogP contribution < -0.4 is 10.2 Å². The fourth-order valence-electron chi connectivity index (χ4n) is 4.98. The molecule has 5 aromatic rings. The number of hydrogen-bond donors (Lipinski definition) is 1. The highest BCUT2D eigenvalue weighted by Gasteiger charge is 2.35. The van der Waals surface area contributed by atoms with Gasteiger partial charge in [-0.15, -0.1) is 5.10 Å². The van der Waals surface area contributed by atoms with Crippen molar-refractivity contribution in [3.05, 3.63) is 114 Å². The number of nitrogens with zero attached hydrogens (tertiary/aromatic N) is 5. The van der Waals surface area contributed by atoms with Gasteiger partial charge in [-0.2, -0.15) is 0 Å². The van der Waals surface area contributed by atoms with Crippen LogP contribution in [0.15, 0.2) is 91.3 Å². The molecule has 2 atom stereocenters. The molecule has 1 aliphatic heterocycles. The highest BCUT2D eigenvalue weighted by molar-refractivity contribution is 5.93. The number of imidazole rings is 1. The molecule has 1 saturated heterocycles. The molecule has 8 heteroatoms. The summed E-state index contributed by atoms with van der Waals surface area (Å²) in [5.41, 5.74) is 4.83. The van der Waals surface area contributed by atoms with Gasteiger partial charge in [-0.1, -0.05) is 42.5 Å². The van der Waals surface area contributed by atoms with Gasteiger partial charge in [-0.3, -0.25) is 9.78 Å². The van der Waals surface area contributed by atoms with Gasteiger partial charge in [-0.25, -0.2) is 13.9 Å². The number of hydrogen-bond acceptors (Lipinski definition) is 5. The van der Waals surface area contributed by atoms with Crippen LogP contribution >= 0.6 is 0 Å². The fraction of sp³-hybridized carbons (Fsp3) is 0.172. The lowest BCUT2D eigenvalue weighted by Crippen LogP contribution is -2.37. The van der Waals surface area contributed by atoms with Gasteiger partial charge in [0.2, 0.25) is 0 Å². The number of fused-ring (bicyclic) bond motifs is 1. The number of carbonyl (C=O) groups is 1.